The molecule has 92 valence electrons. The maximum absolute atomic E-state index is 5.94. The van der Waals surface area contributed by atoms with E-state index in [0.29, 0.717) is 17.8 Å². The average molecular weight is 224 g/mol. The summed E-state index contributed by atoms with van der Waals surface area (Å²) in [5.74, 6) is 1.73. The lowest BCUT2D eigenvalue weighted by atomic mass is 9.74. The highest BCUT2D eigenvalue weighted by Crippen LogP contribution is 2.39. The zero-order chi connectivity index (χ0) is 11.9. The fraction of sp³-hybridized carbons (Fsp3) is 0.857. The Morgan fingerprint density at radius 2 is 1.62 bits per heavy atom. The van der Waals surface area contributed by atoms with Gasteiger partial charge in [0.05, 0.1) is 12.2 Å². The van der Waals surface area contributed by atoms with Gasteiger partial charge in [0.15, 0.2) is 6.29 Å². The third kappa shape index (κ3) is 2.18. The van der Waals surface area contributed by atoms with E-state index >= 15 is 0 Å². The Kier molecular flexibility index (Phi) is 3.41. The van der Waals surface area contributed by atoms with Gasteiger partial charge in [-0.25, -0.2) is 0 Å². The van der Waals surface area contributed by atoms with Gasteiger partial charge in [0.1, 0.15) is 0 Å². The molecule has 0 aromatic rings. The van der Waals surface area contributed by atoms with Crippen LogP contribution in [0.5, 0.6) is 0 Å². The van der Waals surface area contributed by atoms with Crippen molar-refractivity contribution in [1.29, 1.82) is 0 Å². The highest BCUT2D eigenvalue weighted by Gasteiger charge is 2.41. The summed E-state index contributed by atoms with van der Waals surface area (Å²) >= 11 is 0. The molecule has 0 amide bonds. The second-order valence-electron chi connectivity index (χ2n) is 5.68. The molecule has 1 aliphatic carbocycles. The molecular formula is C14H24O2. The molecular weight excluding hydrogens is 200 g/mol. The molecule has 16 heavy (non-hydrogen) atoms. The lowest BCUT2D eigenvalue weighted by Crippen LogP contribution is -2.35. The highest BCUT2D eigenvalue weighted by atomic mass is 16.7. The Balaban J connectivity index is 2.09. The summed E-state index contributed by atoms with van der Waals surface area (Å²) in [5, 5.41) is 0. The van der Waals surface area contributed by atoms with E-state index in [4.69, 9.17) is 9.47 Å². The molecule has 6 atom stereocenters. The van der Waals surface area contributed by atoms with Crippen molar-refractivity contribution in [1.82, 2.24) is 0 Å². The van der Waals surface area contributed by atoms with Crippen molar-refractivity contribution in [2.45, 2.75) is 59.5 Å². The predicted octanol–water partition coefficient (Wildman–Crippen LogP) is 3.37. The van der Waals surface area contributed by atoms with Crippen LogP contribution in [-0.4, -0.2) is 18.5 Å². The van der Waals surface area contributed by atoms with E-state index in [1.165, 1.54) is 12.0 Å². The fourth-order valence-corrected chi connectivity index (χ4v) is 3.16. The molecule has 1 aliphatic heterocycles. The molecule has 2 rings (SSSR count). The van der Waals surface area contributed by atoms with Gasteiger partial charge in [-0.2, -0.15) is 0 Å². The molecule has 1 fully saturated rings. The fourth-order valence-electron chi connectivity index (χ4n) is 3.16. The van der Waals surface area contributed by atoms with Gasteiger partial charge in [0.2, 0.25) is 0 Å². The van der Waals surface area contributed by atoms with E-state index in [-0.39, 0.29) is 18.5 Å². The summed E-state index contributed by atoms with van der Waals surface area (Å²) in [5.41, 5.74) is 1.51. The van der Waals surface area contributed by atoms with E-state index in [0.717, 1.165) is 0 Å². The summed E-state index contributed by atoms with van der Waals surface area (Å²) in [6.45, 7) is 11.0. The summed E-state index contributed by atoms with van der Waals surface area (Å²) in [6, 6.07) is 0. The topological polar surface area (TPSA) is 18.5 Å². The lowest BCUT2D eigenvalue weighted by molar-refractivity contribution is -0.125. The first kappa shape index (κ1) is 12.1. The quantitative estimate of drug-likeness (QED) is 0.636. The molecule has 0 radical (unpaired) electrons. The summed E-state index contributed by atoms with van der Waals surface area (Å²) in [4.78, 5) is 0. The van der Waals surface area contributed by atoms with Crippen molar-refractivity contribution in [2.24, 2.45) is 17.8 Å². The van der Waals surface area contributed by atoms with Crippen molar-refractivity contribution in [3.05, 3.63) is 11.6 Å². The van der Waals surface area contributed by atoms with Gasteiger partial charge in [-0.05, 0) is 39.0 Å². The molecule has 0 saturated carbocycles. The van der Waals surface area contributed by atoms with Gasteiger partial charge in [0, 0.05) is 5.92 Å². The van der Waals surface area contributed by atoms with Crippen molar-refractivity contribution >= 4 is 0 Å². The van der Waals surface area contributed by atoms with Crippen molar-refractivity contribution < 1.29 is 9.47 Å². The van der Waals surface area contributed by atoms with Crippen molar-refractivity contribution in [2.75, 3.05) is 0 Å². The van der Waals surface area contributed by atoms with E-state index in [2.05, 4.69) is 40.7 Å². The van der Waals surface area contributed by atoms with Gasteiger partial charge in [-0.3, -0.25) is 0 Å². The Labute approximate surface area is 99.0 Å². The molecule has 0 bridgehead atoms. The molecule has 1 saturated heterocycles. The van der Waals surface area contributed by atoms with Crippen LogP contribution in [0.1, 0.15) is 41.0 Å². The Morgan fingerprint density at radius 1 is 1.06 bits per heavy atom. The molecule has 2 heteroatoms. The van der Waals surface area contributed by atoms with Crippen LogP contribution in [0.25, 0.3) is 0 Å². The van der Waals surface area contributed by atoms with E-state index in [1.807, 2.05) is 0 Å². The molecule has 2 nitrogen and oxygen atoms in total. The minimum absolute atomic E-state index is 0.000602. The predicted molar refractivity (Wildman–Crippen MR) is 65.1 cm³/mol. The second kappa shape index (κ2) is 4.50. The summed E-state index contributed by atoms with van der Waals surface area (Å²) in [6.07, 6.45) is 4.03. The van der Waals surface area contributed by atoms with Crippen LogP contribution in [-0.2, 0) is 9.47 Å². The first-order valence-electron chi connectivity index (χ1n) is 6.47. The van der Waals surface area contributed by atoms with Crippen LogP contribution in [0, 0.1) is 17.8 Å². The molecule has 2 aliphatic rings. The first-order chi connectivity index (χ1) is 7.49. The maximum atomic E-state index is 5.94. The van der Waals surface area contributed by atoms with E-state index in [9.17, 15) is 0 Å². The van der Waals surface area contributed by atoms with E-state index in [1.54, 1.807) is 0 Å². The van der Waals surface area contributed by atoms with Gasteiger partial charge >= 0.3 is 0 Å². The van der Waals surface area contributed by atoms with Crippen LogP contribution < -0.4 is 0 Å². The van der Waals surface area contributed by atoms with Crippen LogP contribution in [0.3, 0.4) is 0 Å². The summed E-state index contributed by atoms with van der Waals surface area (Å²) in [7, 11) is 0. The minimum Gasteiger partial charge on any atom is -0.347 e. The standard InChI is InChI=1S/C14H24O2/c1-8-6-9(2)13(10(3)7-8)14-15-11(4)12(5)16-14/h6,9-14H,7H2,1-5H3/t9-,10+,11-,12+,13+,14?/m1/s1. The largest absolute Gasteiger partial charge is 0.347 e. The minimum atomic E-state index is -0.000602. The number of hydrogen-bond donors (Lipinski definition) is 0. The molecule has 0 N–H and O–H groups in total. The highest BCUT2D eigenvalue weighted by molar-refractivity contribution is 5.09. The zero-order valence-corrected chi connectivity index (χ0v) is 11.1. The molecule has 0 aromatic carbocycles. The normalized spacial score (nSPS) is 49.2. The van der Waals surface area contributed by atoms with Gasteiger partial charge in [-0.1, -0.05) is 25.5 Å². The van der Waals surface area contributed by atoms with E-state index < -0.39 is 0 Å². The number of allylic oxidation sites excluding steroid dienone is 2. The monoisotopic (exact) mass is 224 g/mol. The maximum Gasteiger partial charge on any atom is 0.162 e. The molecule has 0 spiro atoms. The van der Waals surface area contributed by atoms with Gasteiger partial charge < -0.3 is 9.47 Å². The van der Waals surface area contributed by atoms with Crippen molar-refractivity contribution in [3.63, 3.8) is 0 Å². The molecule has 1 unspecified atom stereocenters. The van der Waals surface area contributed by atoms with Gasteiger partial charge in [0.25, 0.3) is 0 Å². The van der Waals surface area contributed by atoms with Crippen LogP contribution in [0.15, 0.2) is 11.6 Å². The Hall–Kier alpha value is -0.340. The van der Waals surface area contributed by atoms with Crippen LogP contribution >= 0.6 is 0 Å². The van der Waals surface area contributed by atoms with Gasteiger partial charge in [-0.15, -0.1) is 0 Å². The smallest absolute Gasteiger partial charge is 0.162 e. The number of rotatable bonds is 1. The lowest BCUT2D eigenvalue weighted by Gasteiger charge is -2.36. The van der Waals surface area contributed by atoms with Crippen molar-refractivity contribution in [3.8, 4) is 0 Å². The van der Waals surface area contributed by atoms with Crippen LogP contribution in [0.2, 0.25) is 0 Å². The zero-order valence-electron chi connectivity index (χ0n) is 11.1. The first-order valence-corrected chi connectivity index (χ1v) is 6.47. The summed E-state index contributed by atoms with van der Waals surface area (Å²) < 4.78 is 11.9. The third-order valence-electron chi connectivity index (χ3n) is 4.13. The third-order valence-corrected chi connectivity index (χ3v) is 4.13. The Morgan fingerprint density at radius 3 is 2.12 bits per heavy atom. The molecule has 0 aromatic heterocycles. The molecule has 1 heterocycles. The second-order valence-corrected chi connectivity index (χ2v) is 5.68. The average Bonchev–Trinajstić information content (AvgIpc) is 2.44. The SMILES string of the molecule is CC1=C[C@@H](C)[C@H](C2O[C@@H](C)[C@@H](C)O2)[C@@H](C)C1. The number of ether oxygens (including phenoxy) is 2. The number of hydrogen-bond acceptors (Lipinski definition) is 2. The van der Waals surface area contributed by atoms with Crippen LogP contribution in [0.4, 0.5) is 0 Å². The Bertz CT molecular complexity index is 274.